The predicted octanol–water partition coefficient (Wildman–Crippen LogP) is 2.10. The Morgan fingerprint density at radius 3 is 2.30 bits per heavy atom. The maximum atomic E-state index is 12.6. The molecule has 1 aromatic rings. The number of hydrogen-bond acceptors (Lipinski definition) is 3. The molecule has 2 rings (SSSR count). The quantitative estimate of drug-likeness (QED) is 0.909. The van der Waals surface area contributed by atoms with Crippen LogP contribution in [0.25, 0.3) is 0 Å². The van der Waals surface area contributed by atoms with Crippen molar-refractivity contribution in [1.82, 2.24) is 4.31 Å². The number of nitrogens with zero attached hydrogens (tertiary/aromatic N) is 1. The largest absolute Gasteiger partial charge is 0.327 e. The van der Waals surface area contributed by atoms with Crippen molar-refractivity contribution in [3.8, 4) is 0 Å². The first-order valence-electron chi connectivity index (χ1n) is 7.07. The molecule has 0 aromatic heterocycles. The number of hydrogen-bond donors (Lipinski definition) is 1. The molecule has 1 aliphatic rings. The molecule has 1 aliphatic heterocycles. The van der Waals surface area contributed by atoms with Gasteiger partial charge in [0.2, 0.25) is 10.0 Å². The topological polar surface area (TPSA) is 63.4 Å². The van der Waals surface area contributed by atoms with E-state index >= 15 is 0 Å². The Kier molecular flexibility index (Phi) is 4.23. The van der Waals surface area contributed by atoms with E-state index in [0.717, 1.165) is 18.4 Å². The van der Waals surface area contributed by atoms with Crippen molar-refractivity contribution in [3.05, 3.63) is 29.8 Å². The smallest absolute Gasteiger partial charge is 0.243 e. The summed E-state index contributed by atoms with van der Waals surface area (Å²) >= 11 is 0. The first-order valence-corrected chi connectivity index (χ1v) is 8.51. The Morgan fingerprint density at radius 1 is 1.20 bits per heavy atom. The predicted molar refractivity (Wildman–Crippen MR) is 81.1 cm³/mol. The lowest BCUT2D eigenvalue weighted by Gasteiger charge is -2.30. The molecular formula is C15H24N2O2S. The Labute approximate surface area is 122 Å². The molecule has 5 heteroatoms. The van der Waals surface area contributed by atoms with Gasteiger partial charge in [0.1, 0.15) is 0 Å². The van der Waals surface area contributed by atoms with Crippen molar-refractivity contribution in [3.63, 3.8) is 0 Å². The van der Waals surface area contributed by atoms with Crippen LogP contribution in [0.5, 0.6) is 0 Å². The fourth-order valence-electron chi connectivity index (χ4n) is 2.47. The van der Waals surface area contributed by atoms with Crippen molar-refractivity contribution in [1.29, 1.82) is 0 Å². The van der Waals surface area contributed by atoms with Gasteiger partial charge in [0.25, 0.3) is 0 Å². The fourth-order valence-corrected chi connectivity index (χ4v) is 4.00. The standard InChI is InChI=1S/C15H24N2O2S/c1-15(2,3)12-6-8-14(9-7-12)20(18,19)17-10-4-5-13(16)11-17/h6-9,13H,4-5,10-11,16H2,1-3H3. The molecule has 0 spiro atoms. The maximum absolute atomic E-state index is 12.6. The highest BCUT2D eigenvalue weighted by Gasteiger charge is 2.29. The van der Waals surface area contributed by atoms with Crippen molar-refractivity contribution in [2.24, 2.45) is 5.73 Å². The Balaban J connectivity index is 2.26. The van der Waals surface area contributed by atoms with Crippen LogP contribution in [0.1, 0.15) is 39.2 Å². The number of rotatable bonds is 2. The normalized spacial score (nSPS) is 21.9. The van der Waals surface area contributed by atoms with Crippen molar-refractivity contribution < 1.29 is 8.42 Å². The van der Waals surface area contributed by atoms with E-state index in [9.17, 15) is 8.42 Å². The first-order chi connectivity index (χ1) is 9.21. The highest BCUT2D eigenvalue weighted by Crippen LogP contribution is 2.25. The van der Waals surface area contributed by atoms with E-state index in [-0.39, 0.29) is 11.5 Å². The molecule has 4 nitrogen and oxygen atoms in total. The lowest BCUT2D eigenvalue weighted by atomic mass is 9.87. The summed E-state index contributed by atoms with van der Waals surface area (Å²) in [5.74, 6) is 0. The third kappa shape index (κ3) is 3.22. The van der Waals surface area contributed by atoms with Crippen LogP contribution in [-0.4, -0.2) is 31.9 Å². The highest BCUT2D eigenvalue weighted by atomic mass is 32.2. The molecule has 20 heavy (non-hydrogen) atoms. The van der Waals surface area contributed by atoms with Crippen LogP contribution in [0.3, 0.4) is 0 Å². The average Bonchev–Trinajstić information content (AvgIpc) is 2.38. The summed E-state index contributed by atoms with van der Waals surface area (Å²) < 4.78 is 26.6. The fraction of sp³-hybridized carbons (Fsp3) is 0.600. The first kappa shape index (κ1) is 15.5. The highest BCUT2D eigenvalue weighted by molar-refractivity contribution is 7.89. The molecule has 2 N–H and O–H groups in total. The monoisotopic (exact) mass is 296 g/mol. The zero-order chi connectivity index (χ0) is 15.0. The minimum Gasteiger partial charge on any atom is -0.327 e. The molecule has 1 atom stereocenters. The molecular weight excluding hydrogens is 272 g/mol. The zero-order valence-corrected chi connectivity index (χ0v) is 13.3. The average molecular weight is 296 g/mol. The van der Waals surface area contributed by atoms with Crippen molar-refractivity contribution in [2.75, 3.05) is 13.1 Å². The summed E-state index contributed by atoms with van der Waals surface area (Å²) in [5.41, 5.74) is 7.03. The third-order valence-corrected chi connectivity index (χ3v) is 5.66. The number of sulfonamides is 1. The van der Waals surface area contributed by atoms with Crippen LogP contribution in [-0.2, 0) is 15.4 Å². The molecule has 1 aromatic carbocycles. The zero-order valence-electron chi connectivity index (χ0n) is 12.5. The van der Waals surface area contributed by atoms with Crippen LogP contribution in [0.2, 0.25) is 0 Å². The number of nitrogens with two attached hydrogens (primary N) is 1. The second-order valence-corrected chi connectivity index (χ2v) is 8.48. The van der Waals surface area contributed by atoms with Crippen molar-refractivity contribution in [2.45, 2.75) is 50.0 Å². The lowest BCUT2D eigenvalue weighted by molar-refractivity contribution is 0.316. The second-order valence-electron chi connectivity index (χ2n) is 6.54. The molecule has 0 aliphatic carbocycles. The maximum Gasteiger partial charge on any atom is 0.243 e. The lowest BCUT2D eigenvalue weighted by Crippen LogP contribution is -2.45. The van der Waals surface area contributed by atoms with Gasteiger partial charge >= 0.3 is 0 Å². The second kappa shape index (κ2) is 5.47. The number of benzene rings is 1. The van der Waals surface area contributed by atoms with Gasteiger partial charge in [-0.1, -0.05) is 32.9 Å². The molecule has 1 fully saturated rings. The number of piperidine rings is 1. The van der Waals surface area contributed by atoms with Gasteiger partial charge in [-0.3, -0.25) is 0 Å². The van der Waals surface area contributed by atoms with Gasteiger partial charge in [-0.2, -0.15) is 4.31 Å². The summed E-state index contributed by atoms with van der Waals surface area (Å²) in [6.07, 6.45) is 1.73. The van der Waals surface area contributed by atoms with Gasteiger partial charge in [0.15, 0.2) is 0 Å². The SMILES string of the molecule is CC(C)(C)c1ccc(S(=O)(=O)N2CCCC(N)C2)cc1. The van der Waals surface area contributed by atoms with E-state index in [1.165, 1.54) is 4.31 Å². The molecule has 0 bridgehead atoms. The molecule has 1 heterocycles. The van der Waals surface area contributed by atoms with Crippen LogP contribution in [0.4, 0.5) is 0 Å². The van der Waals surface area contributed by atoms with E-state index in [1.807, 2.05) is 12.1 Å². The van der Waals surface area contributed by atoms with Crippen LogP contribution < -0.4 is 5.73 Å². The molecule has 112 valence electrons. The van der Waals surface area contributed by atoms with E-state index in [4.69, 9.17) is 5.73 Å². The van der Waals surface area contributed by atoms with Gasteiger partial charge in [-0.05, 0) is 36.0 Å². The molecule has 1 unspecified atom stereocenters. The summed E-state index contributed by atoms with van der Waals surface area (Å²) in [7, 11) is -3.40. The summed E-state index contributed by atoms with van der Waals surface area (Å²) in [4.78, 5) is 0.361. The summed E-state index contributed by atoms with van der Waals surface area (Å²) in [6, 6.07) is 7.16. The van der Waals surface area contributed by atoms with Gasteiger partial charge < -0.3 is 5.73 Å². The van der Waals surface area contributed by atoms with E-state index in [1.54, 1.807) is 12.1 Å². The van der Waals surface area contributed by atoms with Gasteiger partial charge in [-0.25, -0.2) is 8.42 Å². The summed E-state index contributed by atoms with van der Waals surface area (Å²) in [5, 5.41) is 0. The Hall–Kier alpha value is -0.910. The van der Waals surface area contributed by atoms with Crippen LogP contribution in [0, 0.1) is 0 Å². The van der Waals surface area contributed by atoms with Crippen LogP contribution in [0.15, 0.2) is 29.2 Å². The van der Waals surface area contributed by atoms with E-state index in [2.05, 4.69) is 20.8 Å². The molecule has 0 radical (unpaired) electrons. The summed E-state index contributed by atoms with van der Waals surface area (Å²) in [6.45, 7) is 7.32. The minimum atomic E-state index is -3.40. The molecule has 1 saturated heterocycles. The van der Waals surface area contributed by atoms with E-state index in [0.29, 0.717) is 18.0 Å². The molecule has 0 saturated carbocycles. The van der Waals surface area contributed by atoms with Gasteiger partial charge in [0.05, 0.1) is 4.90 Å². The minimum absolute atomic E-state index is 0.0236. The molecule has 0 amide bonds. The Morgan fingerprint density at radius 2 is 1.80 bits per heavy atom. The van der Waals surface area contributed by atoms with E-state index < -0.39 is 10.0 Å². The van der Waals surface area contributed by atoms with Crippen molar-refractivity contribution >= 4 is 10.0 Å². The van der Waals surface area contributed by atoms with Gasteiger partial charge in [-0.15, -0.1) is 0 Å². The third-order valence-electron chi connectivity index (χ3n) is 3.78. The Bertz CT molecular complexity index is 559. The van der Waals surface area contributed by atoms with Crippen LogP contribution >= 0.6 is 0 Å². The van der Waals surface area contributed by atoms with Gasteiger partial charge in [0, 0.05) is 19.1 Å².